The summed E-state index contributed by atoms with van der Waals surface area (Å²) in [5, 5.41) is 3.53. The number of hydrogen-bond acceptors (Lipinski definition) is 3. The van der Waals surface area contributed by atoms with Crippen molar-refractivity contribution in [2.24, 2.45) is 5.92 Å². The van der Waals surface area contributed by atoms with Crippen LogP contribution in [0.25, 0.3) is 0 Å². The van der Waals surface area contributed by atoms with Gasteiger partial charge in [-0.3, -0.25) is 4.90 Å². The summed E-state index contributed by atoms with van der Waals surface area (Å²) >= 11 is 0. The van der Waals surface area contributed by atoms with E-state index in [-0.39, 0.29) is 0 Å². The molecule has 1 N–H and O–H groups in total. The Morgan fingerprint density at radius 2 is 2.35 bits per heavy atom. The van der Waals surface area contributed by atoms with Crippen LogP contribution in [0.5, 0.6) is 0 Å². The van der Waals surface area contributed by atoms with Crippen molar-refractivity contribution in [1.82, 2.24) is 19.8 Å². The van der Waals surface area contributed by atoms with Crippen LogP contribution in [0.3, 0.4) is 0 Å². The fourth-order valence-electron chi connectivity index (χ4n) is 3.00. The number of nitrogens with one attached hydrogen (secondary N) is 1. The van der Waals surface area contributed by atoms with Crippen LogP contribution >= 0.6 is 0 Å². The molecule has 4 heteroatoms. The standard InChI is InChI=1S/C16H30N4/c1-4-8-19-13-18-10-16(19)12-20(14(2)3)11-15-6-5-7-17-9-15/h10,13-15,17H,4-9,11-12H2,1-3H3. The number of aromatic nitrogens is 2. The summed E-state index contributed by atoms with van der Waals surface area (Å²) in [5.41, 5.74) is 1.35. The molecule has 1 saturated heterocycles. The highest BCUT2D eigenvalue weighted by Gasteiger charge is 2.20. The van der Waals surface area contributed by atoms with E-state index in [9.17, 15) is 0 Å². The summed E-state index contributed by atoms with van der Waals surface area (Å²) in [4.78, 5) is 6.92. The normalized spacial score (nSPS) is 19.9. The minimum atomic E-state index is 0.585. The molecule has 0 saturated carbocycles. The molecular formula is C16H30N4. The third-order valence-electron chi connectivity index (χ3n) is 4.25. The number of aryl methyl sites for hydroxylation is 1. The average Bonchev–Trinajstić information content (AvgIpc) is 2.87. The second-order valence-corrected chi connectivity index (χ2v) is 6.31. The maximum Gasteiger partial charge on any atom is 0.0948 e. The molecule has 4 nitrogen and oxygen atoms in total. The number of rotatable bonds is 7. The summed E-state index contributed by atoms with van der Waals surface area (Å²) in [5.74, 6) is 0.800. The van der Waals surface area contributed by atoms with E-state index >= 15 is 0 Å². The van der Waals surface area contributed by atoms with Crippen molar-refractivity contribution in [2.75, 3.05) is 19.6 Å². The predicted molar refractivity (Wildman–Crippen MR) is 83.7 cm³/mol. The van der Waals surface area contributed by atoms with Crippen LogP contribution in [0.4, 0.5) is 0 Å². The fourth-order valence-corrected chi connectivity index (χ4v) is 3.00. The number of nitrogens with zero attached hydrogens (tertiary/aromatic N) is 3. The Morgan fingerprint density at radius 3 is 3.00 bits per heavy atom. The molecule has 0 radical (unpaired) electrons. The van der Waals surface area contributed by atoms with E-state index in [4.69, 9.17) is 0 Å². The highest BCUT2D eigenvalue weighted by Crippen LogP contribution is 2.16. The summed E-state index contributed by atoms with van der Waals surface area (Å²) in [6.45, 7) is 12.5. The quantitative estimate of drug-likeness (QED) is 0.832. The zero-order valence-electron chi connectivity index (χ0n) is 13.3. The molecule has 1 aliphatic heterocycles. The van der Waals surface area contributed by atoms with Crippen molar-refractivity contribution in [1.29, 1.82) is 0 Å². The molecular weight excluding hydrogens is 248 g/mol. The smallest absolute Gasteiger partial charge is 0.0948 e. The van der Waals surface area contributed by atoms with Crippen molar-refractivity contribution >= 4 is 0 Å². The average molecular weight is 278 g/mol. The van der Waals surface area contributed by atoms with Gasteiger partial charge in [0, 0.05) is 31.9 Å². The van der Waals surface area contributed by atoms with Gasteiger partial charge in [0.05, 0.1) is 12.0 Å². The lowest BCUT2D eigenvalue weighted by molar-refractivity contribution is 0.160. The Bertz CT molecular complexity index is 380. The molecule has 1 aliphatic rings. The lowest BCUT2D eigenvalue weighted by Gasteiger charge is -2.32. The Morgan fingerprint density at radius 1 is 1.50 bits per heavy atom. The fraction of sp³-hybridized carbons (Fsp3) is 0.812. The van der Waals surface area contributed by atoms with Crippen LogP contribution in [-0.2, 0) is 13.1 Å². The first-order chi connectivity index (χ1) is 9.70. The second-order valence-electron chi connectivity index (χ2n) is 6.31. The number of hydrogen-bond donors (Lipinski definition) is 1. The monoisotopic (exact) mass is 278 g/mol. The lowest BCUT2D eigenvalue weighted by Crippen LogP contribution is -2.41. The van der Waals surface area contributed by atoms with Gasteiger partial charge in [0.15, 0.2) is 0 Å². The van der Waals surface area contributed by atoms with E-state index in [0.29, 0.717) is 6.04 Å². The van der Waals surface area contributed by atoms with Crippen LogP contribution < -0.4 is 5.32 Å². The minimum Gasteiger partial charge on any atom is -0.333 e. The Labute approximate surface area is 123 Å². The highest BCUT2D eigenvalue weighted by molar-refractivity contribution is 4.99. The first-order valence-electron chi connectivity index (χ1n) is 8.14. The van der Waals surface area contributed by atoms with Crippen LogP contribution in [0.1, 0.15) is 45.7 Å². The highest BCUT2D eigenvalue weighted by atomic mass is 15.2. The van der Waals surface area contributed by atoms with Gasteiger partial charge < -0.3 is 9.88 Å². The first kappa shape index (κ1) is 15.5. The molecule has 1 atom stereocenters. The minimum absolute atomic E-state index is 0.585. The molecule has 114 valence electrons. The molecule has 0 aromatic carbocycles. The molecule has 1 fully saturated rings. The van der Waals surface area contributed by atoms with Gasteiger partial charge in [-0.25, -0.2) is 4.98 Å². The molecule has 1 unspecified atom stereocenters. The van der Waals surface area contributed by atoms with Gasteiger partial charge in [-0.15, -0.1) is 0 Å². The van der Waals surface area contributed by atoms with E-state index in [0.717, 1.165) is 25.4 Å². The second kappa shape index (κ2) is 7.79. The van der Waals surface area contributed by atoms with Crippen LogP contribution in [0.15, 0.2) is 12.5 Å². The Balaban J connectivity index is 1.95. The van der Waals surface area contributed by atoms with Gasteiger partial charge in [0.2, 0.25) is 0 Å². The molecule has 2 rings (SSSR count). The van der Waals surface area contributed by atoms with Crippen LogP contribution in [0.2, 0.25) is 0 Å². The molecule has 0 amide bonds. The molecule has 0 spiro atoms. The first-order valence-corrected chi connectivity index (χ1v) is 8.14. The molecule has 1 aromatic heterocycles. The van der Waals surface area contributed by atoms with Crippen LogP contribution in [-0.4, -0.2) is 40.1 Å². The summed E-state index contributed by atoms with van der Waals surface area (Å²) in [6, 6.07) is 0.585. The third-order valence-corrected chi connectivity index (χ3v) is 4.25. The SMILES string of the molecule is CCCn1cncc1CN(CC1CCCNC1)C(C)C. The largest absolute Gasteiger partial charge is 0.333 e. The van der Waals surface area contributed by atoms with Crippen molar-refractivity contribution in [3.05, 3.63) is 18.2 Å². The maximum absolute atomic E-state index is 4.32. The zero-order chi connectivity index (χ0) is 14.4. The lowest BCUT2D eigenvalue weighted by atomic mass is 9.98. The Kier molecular flexibility index (Phi) is 6.05. The van der Waals surface area contributed by atoms with Crippen molar-refractivity contribution in [3.63, 3.8) is 0 Å². The van der Waals surface area contributed by atoms with E-state index in [1.807, 2.05) is 12.5 Å². The predicted octanol–water partition coefficient (Wildman–Crippen LogP) is 2.50. The van der Waals surface area contributed by atoms with Gasteiger partial charge >= 0.3 is 0 Å². The van der Waals surface area contributed by atoms with E-state index in [1.165, 1.54) is 38.2 Å². The molecule has 20 heavy (non-hydrogen) atoms. The van der Waals surface area contributed by atoms with E-state index in [1.54, 1.807) is 0 Å². The summed E-state index contributed by atoms with van der Waals surface area (Å²) in [6.07, 6.45) is 7.86. The third kappa shape index (κ3) is 4.32. The summed E-state index contributed by atoms with van der Waals surface area (Å²) < 4.78 is 2.30. The topological polar surface area (TPSA) is 33.1 Å². The van der Waals surface area contributed by atoms with Crippen molar-refractivity contribution in [2.45, 2.75) is 59.2 Å². The van der Waals surface area contributed by atoms with Gasteiger partial charge in [-0.2, -0.15) is 0 Å². The van der Waals surface area contributed by atoms with Crippen molar-refractivity contribution < 1.29 is 0 Å². The van der Waals surface area contributed by atoms with Gasteiger partial charge in [-0.1, -0.05) is 6.92 Å². The molecule has 0 aliphatic carbocycles. The molecule has 0 bridgehead atoms. The van der Waals surface area contributed by atoms with Crippen LogP contribution in [0, 0.1) is 5.92 Å². The van der Waals surface area contributed by atoms with E-state index in [2.05, 4.69) is 40.5 Å². The number of piperidine rings is 1. The Hall–Kier alpha value is -0.870. The van der Waals surface area contributed by atoms with Crippen molar-refractivity contribution in [3.8, 4) is 0 Å². The molecule has 2 heterocycles. The summed E-state index contributed by atoms with van der Waals surface area (Å²) in [7, 11) is 0. The molecule has 1 aromatic rings. The van der Waals surface area contributed by atoms with Gasteiger partial charge in [-0.05, 0) is 52.1 Å². The van der Waals surface area contributed by atoms with E-state index < -0.39 is 0 Å². The number of imidazole rings is 1. The van der Waals surface area contributed by atoms with Gasteiger partial charge in [0.25, 0.3) is 0 Å². The van der Waals surface area contributed by atoms with Gasteiger partial charge in [0.1, 0.15) is 0 Å². The zero-order valence-corrected chi connectivity index (χ0v) is 13.3. The maximum atomic E-state index is 4.32.